The summed E-state index contributed by atoms with van der Waals surface area (Å²) < 4.78 is 28.8. The summed E-state index contributed by atoms with van der Waals surface area (Å²) in [5.41, 5.74) is 3.95. The van der Waals surface area contributed by atoms with Crippen molar-refractivity contribution in [1.29, 1.82) is 0 Å². The molecular formula is C29H34ClN3O4S. The molecule has 2 amide bonds. The second-order valence-electron chi connectivity index (χ2n) is 9.31. The lowest BCUT2D eigenvalue weighted by molar-refractivity contribution is -0.139. The Hall–Kier alpha value is -3.36. The van der Waals surface area contributed by atoms with Crippen LogP contribution in [0.15, 0.2) is 71.6 Å². The van der Waals surface area contributed by atoms with Gasteiger partial charge in [0, 0.05) is 18.1 Å². The predicted octanol–water partition coefficient (Wildman–Crippen LogP) is 5.01. The quantitative estimate of drug-likeness (QED) is 0.381. The summed E-state index contributed by atoms with van der Waals surface area (Å²) in [6.45, 7) is 9.17. The van der Waals surface area contributed by atoms with Crippen LogP contribution in [0.2, 0.25) is 5.02 Å². The van der Waals surface area contributed by atoms with E-state index in [1.54, 1.807) is 62.4 Å². The number of halogens is 1. The summed E-state index contributed by atoms with van der Waals surface area (Å²) in [7, 11) is -4.10. The summed E-state index contributed by atoms with van der Waals surface area (Å²) in [6.07, 6.45) is 0. The zero-order chi connectivity index (χ0) is 28.0. The molecule has 0 heterocycles. The van der Waals surface area contributed by atoms with Crippen LogP contribution in [0.5, 0.6) is 0 Å². The average Bonchev–Trinajstić information content (AvgIpc) is 2.88. The number of nitrogens with zero attached hydrogens (tertiary/aromatic N) is 2. The molecular weight excluding hydrogens is 522 g/mol. The van der Waals surface area contributed by atoms with E-state index in [-0.39, 0.29) is 17.3 Å². The Balaban J connectivity index is 2.05. The van der Waals surface area contributed by atoms with Crippen molar-refractivity contribution in [1.82, 2.24) is 10.2 Å². The smallest absolute Gasteiger partial charge is 0.264 e. The first-order valence-electron chi connectivity index (χ1n) is 12.4. The summed E-state index contributed by atoms with van der Waals surface area (Å²) in [5, 5.41) is 3.30. The van der Waals surface area contributed by atoms with Gasteiger partial charge >= 0.3 is 0 Å². The van der Waals surface area contributed by atoms with Crippen molar-refractivity contribution in [3.8, 4) is 0 Å². The minimum atomic E-state index is -4.10. The van der Waals surface area contributed by atoms with E-state index in [1.807, 2.05) is 26.8 Å². The molecule has 3 rings (SSSR count). The number of anilines is 1. The van der Waals surface area contributed by atoms with Gasteiger partial charge in [0.05, 0.1) is 10.6 Å². The van der Waals surface area contributed by atoms with Crippen molar-refractivity contribution in [3.05, 3.63) is 94.0 Å². The van der Waals surface area contributed by atoms with Gasteiger partial charge in [0.2, 0.25) is 11.8 Å². The van der Waals surface area contributed by atoms with Crippen LogP contribution in [0.4, 0.5) is 5.69 Å². The fourth-order valence-corrected chi connectivity index (χ4v) is 5.47. The molecule has 0 fully saturated rings. The zero-order valence-corrected chi connectivity index (χ0v) is 23.9. The van der Waals surface area contributed by atoms with Crippen LogP contribution in [0, 0.1) is 20.8 Å². The van der Waals surface area contributed by atoms with E-state index in [0.717, 1.165) is 26.6 Å². The normalized spacial score (nSPS) is 12.1. The number of carbonyl (C=O) groups is 2. The lowest BCUT2D eigenvalue weighted by Gasteiger charge is -2.32. The number of carbonyl (C=O) groups excluding carboxylic acids is 2. The summed E-state index contributed by atoms with van der Waals surface area (Å²) in [5.74, 6) is -0.832. The van der Waals surface area contributed by atoms with Crippen molar-refractivity contribution in [2.45, 2.75) is 52.1 Å². The van der Waals surface area contributed by atoms with Crippen molar-refractivity contribution in [2.75, 3.05) is 17.4 Å². The summed E-state index contributed by atoms with van der Waals surface area (Å²) in [6, 6.07) is 17.9. The fraction of sp³-hybridized carbons (Fsp3) is 0.310. The number of amides is 2. The molecule has 38 heavy (non-hydrogen) atoms. The Morgan fingerprint density at radius 3 is 2.13 bits per heavy atom. The minimum absolute atomic E-state index is 0.0788. The van der Waals surface area contributed by atoms with Crippen molar-refractivity contribution >= 4 is 39.1 Å². The number of hydrogen-bond acceptors (Lipinski definition) is 4. The molecule has 1 atom stereocenters. The topological polar surface area (TPSA) is 86.8 Å². The third kappa shape index (κ3) is 6.94. The molecule has 0 bridgehead atoms. The first-order valence-corrected chi connectivity index (χ1v) is 14.2. The van der Waals surface area contributed by atoms with E-state index in [4.69, 9.17) is 11.6 Å². The maximum atomic E-state index is 13.9. The number of rotatable bonds is 10. The lowest BCUT2D eigenvalue weighted by atomic mass is 10.1. The maximum Gasteiger partial charge on any atom is 0.264 e. The van der Waals surface area contributed by atoms with Gasteiger partial charge in [-0.3, -0.25) is 13.9 Å². The van der Waals surface area contributed by atoms with Gasteiger partial charge in [0.15, 0.2) is 0 Å². The van der Waals surface area contributed by atoms with Crippen LogP contribution in [0.1, 0.15) is 36.1 Å². The van der Waals surface area contributed by atoms with Crippen molar-refractivity contribution < 1.29 is 18.0 Å². The van der Waals surface area contributed by atoms with Crippen molar-refractivity contribution in [3.63, 3.8) is 0 Å². The molecule has 0 saturated heterocycles. The highest BCUT2D eigenvalue weighted by atomic mass is 35.5. The van der Waals surface area contributed by atoms with Gasteiger partial charge in [-0.2, -0.15) is 0 Å². The standard InChI is InChI=1S/C29H34ClN3O4S/c1-6-31-29(35)23(5)32(18-24-10-12-25(30)13-11-24)28(34)19-33(26-14-9-21(3)22(4)17-26)38(36,37)27-15-7-20(2)8-16-27/h7-17,23H,6,18-19H2,1-5H3,(H,31,35)/t23-/m0/s1. The number of benzene rings is 3. The van der Waals surface area contributed by atoms with Gasteiger partial charge in [-0.25, -0.2) is 8.42 Å². The molecule has 9 heteroatoms. The zero-order valence-electron chi connectivity index (χ0n) is 22.4. The van der Waals surface area contributed by atoms with Gasteiger partial charge in [0.1, 0.15) is 12.6 Å². The molecule has 0 aliphatic carbocycles. The summed E-state index contributed by atoms with van der Waals surface area (Å²) in [4.78, 5) is 28.1. The Morgan fingerprint density at radius 2 is 1.55 bits per heavy atom. The molecule has 3 aromatic rings. The van der Waals surface area contributed by atoms with E-state index in [2.05, 4.69) is 5.32 Å². The Kier molecular flexibility index (Phi) is 9.57. The maximum absolute atomic E-state index is 13.9. The SMILES string of the molecule is CCNC(=O)[C@H](C)N(Cc1ccc(Cl)cc1)C(=O)CN(c1ccc(C)c(C)c1)S(=O)(=O)c1ccc(C)cc1. The third-order valence-electron chi connectivity index (χ3n) is 6.45. The van der Waals surface area contributed by atoms with Gasteiger partial charge in [-0.1, -0.05) is 47.5 Å². The second-order valence-corrected chi connectivity index (χ2v) is 11.6. The molecule has 1 N–H and O–H groups in total. The molecule has 202 valence electrons. The van der Waals surface area contributed by atoms with E-state index < -0.39 is 28.5 Å². The molecule has 0 radical (unpaired) electrons. The largest absolute Gasteiger partial charge is 0.355 e. The van der Waals surface area contributed by atoms with E-state index in [0.29, 0.717) is 17.3 Å². The van der Waals surface area contributed by atoms with Crippen LogP contribution in [0.25, 0.3) is 0 Å². The lowest BCUT2D eigenvalue weighted by Crippen LogP contribution is -2.51. The number of aryl methyl sites for hydroxylation is 3. The average molecular weight is 556 g/mol. The number of hydrogen-bond donors (Lipinski definition) is 1. The highest BCUT2D eigenvalue weighted by Crippen LogP contribution is 2.27. The molecule has 0 saturated carbocycles. The minimum Gasteiger partial charge on any atom is -0.355 e. The van der Waals surface area contributed by atoms with Crippen molar-refractivity contribution in [2.24, 2.45) is 0 Å². The predicted molar refractivity (Wildman–Crippen MR) is 152 cm³/mol. The second kappa shape index (κ2) is 12.5. The summed E-state index contributed by atoms with van der Waals surface area (Å²) >= 11 is 6.03. The molecule has 3 aromatic carbocycles. The molecule has 0 unspecified atom stereocenters. The highest BCUT2D eigenvalue weighted by Gasteiger charge is 2.32. The Labute approximate surface area is 230 Å². The number of likely N-dealkylation sites (N-methyl/N-ethyl adjacent to an activating group) is 1. The first kappa shape index (κ1) is 29.2. The fourth-order valence-electron chi connectivity index (χ4n) is 3.94. The van der Waals surface area contributed by atoms with Gasteiger partial charge in [-0.05, 0) is 87.7 Å². The third-order valence-corrected chi connectivity index (χ3v) is 8.49. The van der Waals surface area contributed by atoms with Crippen LogP contribution >= 0.6 is 11.6 Å². The first-order chi connectivity index (χ1) is 17.9. The Morgan fingerprint density at radius 1 is 0.921 bits per heavy atom. The highest BCUT2D eigenvalue weighted by molar-refractivity contribution is 7.92. The van der Waals surface area contributed by atoms with Gasteiger partial charge in [-0.15, -0.1) is 0 Å². The Bertz CT molecular complexity index is 1390. The van der Waals surface area contributed by atoms with Crippen LogP contribution in [0.3, 0.4) is 0 Å². The van der Waals surface area contributed by atoms with E-state index in [1.165, 1.54) is 17.0 Å². The van der Waals surface area contributed by atoms with Crippen LogP contribution in [-0.2, 0) is 26.2 Å². The monoisotopic (exact) mass is 555 g/mol. The van der Waals surface area contributed by atoms with E-state index in [9.17, 15) is 18.0 Å². The molecule has 7 nitrogen and oxygen atoms in total. The van der Waals surface area contributed by atoms with Crippen LogP contribution < -0.4 is 9.62 Å². The van der Waals surface area contributed by atoms with Gasteiger partial charge < -0.3 is 10.2 Å². The van der Waals surface area contributed by atoms with Gasteiger partial charge in [0.25, 0.3) is 10.0 Å². The number of nitrogens with one attached hydrogen (secondary N) is 1. The molecule has 0 aromatic heterocycles. The number of sulfonamides is 1. The molecule has 0 aliphatic rings. The van der Waals surface area contributed by atoms with Crippen LogP contribution in [-0.4, -0.2) is 44.3 Å². The molecule has 0 aliphatic heterocycles. The molecule has 0 spiro atoms. The van der Waals surface area contributed by atoms with E-state index >= 15 is 0 Å².